The second kappa shape index (κ2) is 13.0. The summed E-state index contributed by atoms with van der Waals surface area (Å²) in [6, 6.07) is -1.01. The van der Waals surface area contributed by atoms with E-state index >= 15 is 4.39 Å². The van der Waals surface area contributed by atoms with Crippen molar-refractivity contribution in [3.05, 3.63) is 34.9 Å². The molecule has 2 aliphatic carbocycles. The van der Waals surface area contributed by atoms with Crippen LogP contribution >= 0.6 is 0 Å². The molecule has 1 aromatic carbocycles. The summed E-state index contributed by atoms with van der Waals surface area (Å²) in [5.74, 6) is -2.09. The van der Waals surface area contributed by atoms with E-state index in [1.165, 1.54) is 11.0 Å². The van der Waals surface area contributed by atoms with Gasteiger partial charge in [0, 0.05) is 37.7 Å². The predicted molar refractivity (Wildman–Crippen MR) is 170 cm³/mol. The first-order valence-corrected chi connectivity index (χ1v) is 17.7. The van der Waals surface area contributed by atoms with Gasteiger partial charge in [0.25, 0.3) is 5.91 Å². The molecular weight excluding hydrogens is 678 g/mol. The molecule has 0 bridgehead atoms. The van der Waals surface area contributed by atoms with Crippen LogP contribution in [-0.2, 0) is 14.3 Å². The predicted octanol–water partition coefficient (Wildman–Crippen LogP) is 3.11. The molecule has 3 saturated heterocycles. The first-order valence-electron chi connectivity index (χ1n) is 17.7. The summed E-state index contributed by atoms with van der Waals surface area (Å²) in [7, 11) is 0. The number of carbonyl (C=O) groups is 3. The van der Waals surface area contributed by atoms with Gasteiger partial charge in [-0.1, -0.05) is 5.16 Å². The van der Waals surface area contributed by atoms with E-state index in [2.05, 4.69) is 31.2 Å². The van der Waals surface area contributed by atoms with Crippen LogP contribution in [0.15, 0.2) is 16.8 Å². The third-order valence-corrected chi connectivity index (χ3v) is 11.6. The molecule has 13 nitrogen and oxygen atoms in total. The van der Waals surface area contributed by atoms with Crippen molar-refractivity contribution in [2.75, 3.05) is 44.7 Å². The number of carbonyl (C=O) groups excluding carboxylic acids is 3. The zero-order chi connectivity index (χ0) is 35.7. The second-order valence-electron chi connectivity index (χ2n) is 15.0. The van der Waals surface area contributed by atoms with Crippen molar-refractivity contribution in [1.29, 1.82) is 0 Å². The second-order valence-corrected chi connectivity index (χ2v) is 15.0. The van der Waals surface area contributed by atoms with Gasteiger partial charge >= 0.3 is 6.18 Å². The number of fused-ring (bicyclic) bond motifs is 1. The number of alkyl halides is 3. The Morgan fingerprint density at radius 1 is 1.08 bits per heavy atom. The van der Waals surface area contributed by atoms with Gasteiger partial charge in [-0.25, -0.2) is 9.02 Å². The lowest BCUT2D eigenvalue weighted by Crippen LogP contribution is -2.62. The van der Waals surface area contributed by atoms with Crippen LogP contribution in [0.5, 0.6) is 5.75 Å². The van der Waals surface area contributed by atoms with Crippen molar-refractivity contribution < 1.29 is 46.0 Å². The molecule has 5 fully saturated rings. The molecule has 1 aromatic heterocycles. The SMILES string of the molecule is Cc1nonc1C(=O)N[C@H](C(=O)Nc1cc2c(cc1F)C(N1C[C@@H](C(F)(F)F)NCC1=O)CC1(CCN(C3COC3)CC1)O2)C(C1CC1)C1CC1. The third-order valence-electron chi connectivity index (χ3n) is 11.6. The van der Waals surface area contributed by atoms with Crippen molar-refractivity contribution in [3.8, 4) is 5.75 Å². The van der Waals surface area contributed by atoms with Gasteiger partial charge in [0.1, 0.15) is 34.9 Å². The lowest BCUT2D eigenvalue weighted by molar-refractivity contribution is -0.175. The number of hydrogen-bond acceptors (Lipinski definition) is 10. The minimum Gasteiger partial charge on any atom is -0.487 e. The molecule has 51 heavy (non-hydrogen) atoms. The highest BCUT2D eigenvalue weighted by Gasteiger charge is 2.52. The van der Waals surface area contributed by atoms with Gasteiger partial charge in [-0.2, -0.15) is 13.2 Å². The van der Waals surface area contributed by atoms with Crippen LogP contribution in [0, 0.1) is 30.5 Å². The average molecular weight is 720 g/mol. The van der Waals surface area contributed by atoms with E-state index in [0.29, 0.717) is 45.2 Å². The maximum atomic E-state index is 16.1. The molecule has 4 aliphatic heterocycles. The topological polar surface area (TPSA) is 151 Å². The zero-order valence-corrected chi connectivity index (χ0v) is 28.1. The Morgan fingerprint density at radius 3 is 2.37 bits per heavy atom. The Labute approximate surface area is 291 Å². The van der Waals surface area contributed by atoms with Crippen LogP contribution in [0.25, 0.3) is 0 Å². The monoisotopic (exact) mass is 719 g/mol. The molecule has 276 valence electrons. The standard InChI is InChI=1S/C34H41F4N7O6/c1-17-29(43-51-42-17)31(47)41-30(28(18-2-3-18)19-4-5-19)32(48)40-23-11-25-21(10-22(23)35)24(45-14-26(34(36,37)38)39-13-27(45)46)12-33(50-25)6-8-44(9-7-33)20-15-49-16-20/h10-11,18-20,24,26,28,30,39H,2-9,12-16H2,1H3,(H,40,48)(H,41,47)/t24?,26-,30-/m0/s1. The Morgan fingerprint density at radius 2 is 1.78 bits per heavy atom. The minimum absolute atomic E-state index is 0.0473. The van der Waals surface area contributed by atoms with E-state index in [1.54, 1.807) is 6.92 Å². The highest BCUT2D eigenvalue weighted by molar-refractivity contribution is 6.01. The number of hydrogen-bond donors (Lipinski definition) is 3. The molecule has 6 aliphatic rings. The van der Waals surface area contributed by atoms with E-state index in [4.69, 9.17) is 14.1 Å². The summed E-state index contributed by atoms with van der Waals surface area (Å²) in [5.41, 5.74) is -0.565. The van der Waals surface area contributed by atoms with Gasteiger partial charge in [0.15, 0.2) is 5.69 Å². The molecule has 5 heterocycles. The number of likely N-dealkylation sites (tertiary alicyclic amines) is 1. The number of amides is 3. The quantitative estimate of drug-likeness (QED) is 0.330. The molecular formula is C34H41F4N7O6. The maximum Gasteiger partial charge on any atom is 0.405 e. The van der Waals surface area contributed by atoms with E-state index in [1.807, 2.05) is 0 Å². The van der Waals surface area contributed by atoms with Crippen LogP contribution in [0.1, 0.15) is 72.7 Å². The van der Waals surface area contributed by atoms with Crippen molar-refractivity contribution in [3.63, 3.8) is 0 Å². The fraction of sp³-hybridized carbons (Fsp3) is 0.676. The van der Waals surface area contributed by atoms with Gasteiger partial charge in [-0.3, -0.25) is 24.6 Å². The molecule has 17 heteroatoms. The smallest absolute Gasteiger partial charge is 0.405 e. The number of nitrogens with zero attached hydrogens (tertiary/aromatic N) is 4. The molecule has 8 rings (SSSR count). The molecule has 2 saturated carbocycles. The lowest BCUT2D eigenvalue weighted by atomic mass is 9.79. The van der Waals surface area contributed by atoms with Gasteiger partial charge in [0.2, 0.25) is 11.8 Å². The number of piperazine rings is 1. The number of halogens is 4. The summed E-state index contributed by atoms with van der Waals surface area (Å²) in [6.45, 7) is 3.02. The summed E-state index contributed by atoms with van der Waals surface area (Å²) < 4.78 is 74.4. The maximum absolute atomic E-state index is 16.1. The van der Waals surface area contributed by atoms with Crippen LogP contribution in [0.2, 0.25) is 0 Å². The summed E-state index contributed by atoms with van der Waals surface area (Å²) in [5, 5.41) is 15.1. The van der Waals surface area contributed by atoms with E-state index in [9.17, 15) is 27.6 Å². The summed E-state index contributed by atoms with van der Waals surface area (Å²) >= 11 is 0. The number of aromatic nitrogens is 2. The number of aryl methyl sites for hydroxylation is 1. The van der Waals surface area contributed by atoms with Crippen molar-refractivity contribution >= 4 is 23.4 Å². The average Bonchev–Trinajstić information content (AvgIpc) is 4.01. The van der Waals surface area contributed by atoms with Crippen molar-refractivity contribution in [2.24, 2.45) is 17.8 Å². The molecule has 0 radical (unpaired) electrons. The van der Waals surface area contributed by atoms with Crippen LogP contribution in [0.4, 0.5) is 23.2 Å². The Bertz CT molecular complexity index is 1670. The molecule has 1 spiro atoms. The Kier molecular flexibility index (Phi) is 8.73. The van der Waals surface area contributed by atoms with Crippen LogP contribution in [0.3, 0.4) is 0 Å². The van der Waals surface area contributed by atoms with Crippen LogP contribution < -0.4 is 20.7 Å². The number of nitrogens with one attached hydrogen (secondary N) is 3. The van der Waals surface area contributed by atoms with E-state index in [-0.39, 0.29) is 52.6 Å². The third kappa shape index (κ3) is 6.79. The van der Waals surface area contributed by atoms with E-state index < -0.39 is 66.5 Å². The summed E-state index contributed by atoms with van der Waals surface area (Å²) in [4.78, 5) is 44.0. The number of piperidine rings is 1. The molecule has 3 N–H and O–H groups in total. The van der Waals surface area contributed by atoms with Crippen molar-refractivity contribution in [2.45, 2.75) is 87.8 Å². The number of ether oxygens (including phenoxy) is 2. The van der Waals surface area contributed by atoms with Gasteiger partial charge < -0.3 is 25.0 Å². The van der Waals surface area contributed by atoms with Gasteiger partial charge in [0.05, 0.1) is 37.5 Å². The number of anilines is 1. The van der Waals surface area contributed by atoms with Crippen LogP contribution in [-0.4, -0.2) is 107 Å². The van der Waals surface area contributed by atoms with E-state index in [0.717, 1.165) is 31.7 Å². The van der Waals surface area contributed by atoms with Crippen molar-refractivity contribution in [1.82, 2.24) is 30.7 Å². The molecule has 3 amide bonds. The largest absolute Gasteiger partial charge is 0.487 e. The molecule has 2 aromatic rings. The lowest BCUT2D eigenvalue weighted by Gasteiger charge is -2.51. The minimum atomic E-state index is -4.59. The summed E-state index contributed by atoms with van der Waals surface area (Å²) in [6.07, 6.45) is 0.357. The zero-order valence-electron chi connectivity index (χ0n) is 28.1. The van der Waals surface area contributed by atoms with Gasteiger partial charge in [-0.05, 0) is 74.4 Å². The highest BCUT2D eigenvalue weighted by atomic mass is 19.4. The fourth-order valence-electron chi connectivity index (χ4n) is 8.35. The molecule has 1 unspecified atom stereocenters. The Balaban J connectivity index is 1.10. The first kappa shape index (κ1) is 34.3. The number of rotatable bonds is 9. The first-order chi connectivity index (χ1) is 24.4. The number of benzene rings is 1. The highest BCUT2D eigenvalue weighted by Crippen LogP contribution is 2.52. The normalized spacial score (nSPS) is 26.0. The molecule has 3 atom stereocenters. The van der Waals surface area contributed by atoms with Gasteiger partial charge in [-0.15, -0.1) is 0 Å². The fourth-order valence-corrected chi connectivity index (χ4v) is 8.35. The Hall–Kier alpha value is -3.83.